The van der Waals surface area contributed by atoms with Crippen molar-refractivity contribution in [1.29, 1.82) is 0 Å². The van der Waals surface area contributed by atoms with Gasteiger partial charge in [-0.05, 0) is 98.3 Å². The first-order chi connectivity index (χ1) is 21.5. The van der Waals surface area contributed by atoms with E-state index in [1.165, 1.54) is 20.7 Å². The molecule has 46 heavy (non-hydrogen) atoms. The van der Waals surface area contributed by atoms with Gasteiger partial charge in [-0.15, -0.1) is 0 Å². The van der Waals surface area contributed by atoms with E-state index in [1.807, 2.05) is 0 Å². The van der Waals surface area contributed by atoms with E-state index in [0.717, 1.165) is 12.1 Å². The Bertz CT molecular complexity index is 1310. The Kier molecular flexibility index (Phi) is 11.7. The first-order valence-electron chi connectivity index (χ1n) is 16.5. The lowest BCUT2D eigenvalue weighted by Crippen LogP contribution is -2.70. The molecule has 0 aliphatic rings. The second-order valence-electron chi connectivity index (χ2n) is 15.3. The van der Waals surface area contributed by atoms with Crippen LogP contribution < -0.4 is 20.7 Å². The van der Waals surface area contributed by atoms with E-state index in [9.17, 15) is 0 Å². The first-order valence-corrected chi connectivity index (χ1v) is 33.2. The van der Waals surface area contributed by atoms with Gasteiger partial charge in [0.25, 0.3) is 0 Å². The highest BCUT2D eigenvalue weighted by Crippen LogP contribution is 2.30. The SMILES string of the molecule is C[Si](C)(C)O[Si](O[Si](C)(C)CC[Si](C)(C)O[Si](O[Si](C)(C)C)(c1ccccc1)c1ccccc1)(c1ccccc1)c1ccccc1. The zero-order valence-electron chi connectivity index (χ0n) is 29.6. The summed E-state index contributed by atoms with van der Waals surface area (Å²) in [5, 5.41) is 4.72. The third-order valence-corrected chi connectivity index (χ3v) is 29.4. The van der Waals surface area contributed by atoms with Crippen molar-refractivity contribution in [1.82, 2.24) is 0 Å². The molecule has 10 heteroatoms. The van der Waals surface area contributed by atoms with Crippen LogP contribution in [0.4, 0.5) is 0 Å². The molecule has 0 heterocycles. The van der Waals surface area contributed by atoms with Gasteiger partial charge in [0, 0.05) is 0 Å². The van der Waals surface area contributed by atoms with E-state index in [1.54, 1.807) is 0 Å². The molecule has 0 unspecified atom stereocenters. The molecule has 0 saturated heterocycles. The van der Waals surface area contributed by atoms with Gasteiger partial charge >= 0.3 is 17.1 Å². The number of rotatable bonds is 15. The highest BCUT2D eigenvalue weighted by molar-refractivity contribution is 7.03. The van der Waals surface area contributed by atoms with E-state index in [2.05, 4.69) is 187 Å². The lowest BCUT2D eigenvalue weighted by atomic mass is 10.4. The van der Waals surface area contributed by atoms with Gasteiger partial charge in [0.2, 0.25) is 0 Å². The smallest absolute Gasteiger partial charge is 0.386 e. The van der Waals surface area contributed by atoms with Crippen LogP contribution >= 0.6 is 0 Å². The monoisotopic (exact) mass is 718 g/mol. The molecular weight excluding hydrogens is 665 g/mol. The minimum atomic E-state index is -3.01. The molecule has 4 aromatic carbocycles. The maximum absolute atomic E-state index is 7.59. The van der Waals surface area contributed by atoms with E-state index < -0.39 is 50.4 Å². The molecule has 4 rings (SSSR count). The predicted molar refractivity (Wildman–Crippen MR) is 211 cm³/mol. The molecule has 0 aromatic heterocycles. The Balaban J connectivity index is 1.71. The minimum absolute atomic E-state index is 0.983. The first kappa shape index (κ1) is 36.9. The molecule has 4 nitrogen and oxygen atoms in total. The van der Waals surface area contributed by atoms with E-state index >= 15 is 0 Å². The molecule has 0 amide bonds. The van der Waals surface area contributed by atoms with Gasteiger partial charge in [-0.3, -0.25) is 0 Å². The molecule has 0 atom stereocenters. The molecule has 0 spiro atoms. The molecule has 0 radical (unpaired) electrons. The summed E-state index contributed by atoms with van der Waals surface area (Å²) >= 11 is 0. The van der Waals surface area contributed by atoms with Crippen molar-refractivity contribution in [3.63, 3.8) is 0 Å². The van der Waals surface area contributed by atoms with Crippen molar-refractivity contribution in [2.75, 3.05) is 0 Å². The van der Waals surface area contributed by atoms with Gasteiger partial charge < -0.3 is 16.5 Å². The van der Waals surface area contributed by atoms with Crippen LogP contribution in [0.5, 0.6) is 0 Å². The zero-order chi connectivity index (χ0) is 33.7. The van der Waals surface area contributed by atoms with Crippen LogP contribution in [0.15, 0.2) is 121 Å². The van der Waals surface area contributed by atoms with Crippen molar-refractivity contribution in [3.05, 3.63) is 121 Å². The van der Waals surface area contributed by atoms with Crippen LogP contribution in [0.3, 0.4) is 0 Å². The topological polar surface area (TPSA) is 36.9 Å². The largest absolute Gasteiger partial charge is 0.430 e. The predicted octanol–water partition coefficient (Wildman–Crippen LogP) is 7.65. The van der Waals surface area contributed by atoms with Gasteiger partial charge in [0.05, 0.1) is 0 Å². The third-order valence-electron chi connectivity index (χ3n) is 7.68. The summed E-state index contributed by atoms with van der Waals surface area (Å²) in [4.78, 5) is 0. The van der Waals surface area contributed by atoms with Crippen LogP contribution in [0.2, 0.25) is 77.6 Å². The lowest BCUT2D eigenvalue weighted by Gasteiger charge is -2.44. The Labute approximate surface area is 285 Å². The summed E-state index contributed by atoms with van der Waals surface area (Å²) in [6.45, 7) is 23.1. The fourth-order valence-electron chi connectivity index (χ4n) is 5.82. The quantitative estimate of drug-likeness (QED) is 0.119. The molecule has 4 aromatic rings. The van der Waals surface area contributed by atoms with Gasteiger partial charge in [-0.2, -0.15) is 0 Å². The van der Waals surface area contributed by atoms with E-state index in [4.69, 9.17) is 16.5 Å². The van der Waals surface area contributed by atoms with Crippen molar-refractivity contribution in [3.8, 4) is 0 Å². The molecule has 0 bridgehead atoms. The summed E-state index contributed by atoms with van der Waals surface area (Å²) in [6, 6.07) is 44.9. The number of hydrogen-bond acceptors (Lipinski definition) is 4. The highest BCUT2D eigenvalue weighted by Gasteiger charge is 2.52. The maximum Gasteiger partial charge on any atom is 0.386 e. The second kappa shape index (κ2) is 14.6. The molecule has 0 N–H and O–H groups in total. The van der Waals surface area contributed by atoms with Gasteiger partial charge in [-0.1, -0.05) is 121 Å². The zero-order valence-corrected chi connectivity index (χ0v) is 35.6. The molecule has 0 aliphatic carbocycles. The third kappa shape index (κ3) is 9.78. The molecule has 0 saturated carbocycles. The van der Waals surface area contributed by atoms with Crippen LogP contribution in [-0.4, -0.2) is 50.4 Å². The fraction of sp³-hybridized carbons (Fsp3) is 0.333. The molecular formula is C36H54O4Si6. The Morgan fingerprint density at radius 2 is 0.543 bits per heavy atom. The highest BCUT2D eigenvalue weighted by atomic mass is 28.5. The summed E-state index contributed by atoms with van der Waals surface area (Å²) in [5.74, 6) is 0. The van der Waals surface area contributed by atoms with Gasteiger partial charge in [0.1, 0.15) is 0 Å². The van der Waals surface area contributed by atoms with Crippen LogP contribution in [0.25, 0.3) is 0 Å². The van der Waals surface area contributed by atoms with Crippen LogP contribution in [-0.2, 0) is 16.5 Å². The van der Waals surface area contributed by atoms with Crippen molar-refractivity contribution in [2.45, 2.75) is 77.6 Å². The standard InChI is InChI=1S/C36H54O4Si6/c1-41(2,3)37-45(33-23-15-11-16-24-33,34-25-17-12-18-26-34)39-43(7,8)31-32-44(9,10)40-46(38-42(4,5)6,35-27-19-13-20-28-35)36-29-21-14-22-30-36/h11-30H,31-32H2,1-10H3. The Morgan fingerprint density at radius 3 is 0.739 bits per heavy atom. The van der Waals surface area contributed by atoms with E-state index in [0.29, 0.717) is 0 Å². The average Bonchev–Trinajstić information content (AvgIpc) is 3.00. The minimum Gasteiger partial charge on any atom is -0.430 e. The fourth-order valence-corrected chi connectivity index (χ4v) is 32.6. The van der Waals surface area contributed by atoms with Crippen molar-refractivity contribution in [2.24, 2.45) is 0 Å². The summed E-state index contributed by atoms with van der Waals surface area (Å²) in [6.07, 6.45) is 0. The van der Waals surface area contributed by atoms with Gasteiger partial charge in [-0.25, -0.2) is 0 Å². The number of hydrogen-bond donors (Lipinski definition) is 0. The Morgan fingerprint density at radius 1 is 0.326 bits per heavy atom. The normalized spacial score (nSPS) is 13.5. The number of benzene rings is 4. The average molecular weight is 719 g/mol. The van der Waals surface area contributed by atoms with Gasteiger partial charge in [0.15, 0.2) is 33.3 Å². The summed E-state index contributed by atoms with van der Waals surface area (Å²) < 4.78 is 29.7. The van der Waals surface area contributed by atoms with Crippen LogP contribution in [0, 0.1) is 0 Å². The lowest BCUT2D eigenvalue weighted by molar-refractivity contribution is 0.402. The van der Waals surface area contributed by atoms with Crippen molar-refractivity contribution < 1.29 is 16.5 Å². The van der Waals surface area contributed by atoms with Crippen LogP contribution in [0.1, 0.15) is 0 Å². The van der Waals surface area contributed by atoms with E-state index in [-0.39, 0.29) is 0 Å². The molecule has 0 aliphatic heterocycles. The molecule has 0 fully saturated rings. The maximum atomic E-state index is 7.59. The second-order valence-corrected chi connectivity index (χ2v) is 39.9. The Hall–Kier alpha value is -1.98. The summed E-state index contributed by atoms with van der Waals surface area (Å²) in [7, 11) is -14.6. The summed E-state index contributed by atoms with van der Waals surface area (Å²) in [5.41, 5.74) is 0. The molecule has 246 valence electrons. The van der Waals surface area contributed by atoms with Crippen molar-refractivity contribution >= 4 is 71.1 Å².